The fourth-order valence-corrected chi connectivity index (χ4v) is 0.992. The monoisotopic (exact) mass is 133 g/mol. The molecule has 0 aromatic rings. The molecule has 0 aromatic heterocycles. The van der Waals surface area contributed by atoms with Crippen molar-refractivity contribution in [2.45, 2.75) is 25.1 Å². The first-order chi connectivity index (χ1) is 4.13. The summed E-state index contributed by atoms with van der Waals surface area (Å²) in [5, 5.41) is 12.1. The van der Waals surface area contributed by atoms with Gasteiger partial charge in [-0.3, -0.25) is 0 Å². The Balaban J connectivity index is 2.49. The van der Waals surface area contributed by atoms with E-state index in [0.717, 1.165) is 0 Å². The Hall–Kier alpha value is -0.150. The van der Waals surface area contributed by atoms with Gasteiger partial charge in [-0.2, -0.15) is 0 Å². The Morgan fingerprint density at radius 3 is 2.78 bits per heavy atom. The lowest BCUT2D eigenvalue weighted by Crippen LogP contribution is -2.51. The average Bonchev–Trinajstić information content (AvgIpc) is 1.77. The number of nitrogens with one attached hydrogen (secondary N) is 1. The molecule has 9 heavy (non-hydrogen) atoms. The van der Waals surface area contributed by atoms with Gasteiger partial charge in [-0.05, 0) is 19.9 Å². The number of rotatable bonds is 0. The van der Waals surface area contributed by atoms with Gasteiger partial charge in [0.15, 0.2) is 0 Å². The van der Waals surface area contributed by atoms with Crippen LogP contribution in [0.2, 0.25) is 0 Å². The highest BCUT2D eigenvalue weighted by Crippen LogP contribution is 2.18. The summed E-state index contributed by atoms with van der Waals surface area (Å²) < 4.78 is 12.7. The van der Waals surface area contributed by atoms with E-state index in [-0.39, 0.29) is 0 Å². The first kappa shape index (κ1) is 6.96. The second kappa shape index (κ2) is 2.23. The minimum Gasteiger partial charge on any atom is -0.386 e. The fraction of sp³-hybridized carbons (Fsp3) is 1.00. The topological polar surface area (TPSA) is 32.3 Å². The van der Waals surface area contributed by atoms with Gasteiger partial charge in [0.2, 0.25) is 0 Å². The lowest BCUT2D eigenvalue weighted by molar-refractivity contribution is -0.0360. The number of hydrogen-bond donors (Lipinski definition) is 2. The van der Waals surface area contributed by atoms with Crippen LogP contribution in [0.3, 0.4) is 0 Å². The molecule has 1 aliphatic rings. The van der Waals surface area contributed by atoms with E-state index in [9.17, 15) is 9.50 Å². The molecule has 2 atom stereocenters. The van der Waals surface area contributed by atoms with E-state index in [4.69, 9.17) is 0 Å². The zero-order chi connectivity index (χ0) is 6.91. The van der Waals surface area contributed by atoms with Crippen molar-refractivity contribution in [2.24, 2.45) is 0 Å². The van der Waals surface area contributed by atoms with Crippen LogP contribution in [0.25, 0.3) is 0 Å². The zero-order valence-corrected chi connectivity index (χ0v) is 5.52. The standard InChI is InChI=1S/C6H12FNO/c1-6(9)4-8-3-2-5(6)7/h5,8-9H,2-4H2,1H3/t5-,6-/m1/s1. The van der Waals surface area contributed by atoms with E-state index in [2.05, 4.69) is 5.32 Å². The van der Waals surface area contributed by atoms with Gasteiger partial charge in [-0.25, -0.2) is 4.39 Å². The first-order valence-electron chi connectivity index (χ1n) is 3.20. The van der Waals surface area contributed by atoms with Crippen molar-refractivity contribution < 1.29 is 9.50 Å². The zero-order valence-electron chi connectivity index (χ0n) is 5.52. The molecule has 0 saturated carbocycles. The summed E-state index contributed by atoms with van der Waals surface area (Å²) in [7, 11) is 0. The summed E-state index contributed by atoms with van der Waals surface area (Å²) in [5.74, 6) is 0. The largest absolute Gasteiger partial charge is 0.386 e. The van der Waals surface area contributed by atoms with Gasteiger partial charge in [0.1, 0.15) is 11.8 Å². The van der Waals surface area contributed by atoms with Crippen LogP contribution in [0.15, 0.2) is 0 Å². The van der Waals surface area contributed by atoms with Gasteiger partial charge < -0.3 is 10.4 Å². The molecule has 3 heteroatoms. The van der Waals surface area contributed by atoms with E-state index >= 15 is 0 Å². The molecule has 0 spiro atoms. The quantitative estimate of drug-likeness (QED) is 0.490. The molecule has 0 bridgehead atoms. The number of hydrogen-bond acceptors (Lipinski definition) is 2. The highest BCUT2D eigenvalue weighted by Gasteiger charge is 2.34. The molecule has 0 amide bonds. The Morgan fingerprint density at radius 2 is 2.44 bits per heavy atom. The Kier molecular flexibility index (Phi) is 1.73. The maximum absolute atomic E-state index is 12.7. The van der Waals surface area contributed by atoms with Crippen LogP contribution in [0.5, 0.6) is 0 Å². The van der Waals surface area contributed by atoms with Crippen LogP contribution in [0, 0.1) is 0 Å². The van der Waals surface area contributed by atoms with Crippen molar-refractivity contribution in [1.29, 1.82) is 0 Å². The second-order valence-corrected chi connectivity index (χ2v) is 2.79. The fourth-order valence-electron chi connectivity index (χ4n) is 0.992. The molecule has 54 valence electrons. The molecule has 1 aliphatic heterocycles. The maximum atomic E-state index is 12.7. The minimum atomic E-state index is -1.14. The second-order valence-electron chi connectivity index (χ2n) is 2.79. The van der Waals surface area contributed by atoms with Crippen molar-refractivity contribution in [3.63, 3.8) is 0 Å². The Morgan fingerprint density at radius 1 is 1.78 bits per heavy atom. The van der Waals surface area contributed by atoms with Crippen LogP contribution in [-0.4, -0.2) is 30.0 Å². The molecule has 0 aliphatic carbocycles. The van der Waals surface area contributed by atoms with Crippen LogP contribution in [0.1, 0.15) is 13.3 Å². The summed E-state index contributed by atoms with van der Waals surface area (Å²) >= 11 is 0. The first-order valence-corrected chi connectivity index (χ1v) is 3.20. The van der Waals surface area contributed by atoms with Gasteiger partial charge in [0, 0.05) is 6.54 Å². The molecular formula is C6H12FNO. The highest BCUT2D eigenvalue weighted by atomic mass is 19.1. The Labute approximate surface area is 54.1 Å². The summed E-state index contributed by atoms with van der Waals surface area (Å²) in [4.78, 5) is 0. The average molecular weight is 133 g/mol. The van der Waals surface area contributed by atoms with Crippen LogP contribution >= 0.6 is 0 Å². The van der Waals surface area contributed by atoms with Crippen LogP contribution in [0.4, 0.5) is 4.39 Å². The van der Waals surface area contributed by atoms with Crippen molar-refractivity contribution in [3.8, 4) is 0 Å². The van der Waals surface area contributed by atoms with Crippen molar-refractivity contribution in [2.75, 3.05) is 13.1 Å². The molecule has 2 N–H and O–H groups in total. The lowest BCUT2D eigenvalue weighted by Gasteiger charge is -2.32. The molecular weight excluding hydrogens is 121 g/mol. The highest BCUT2D eigenvalue weighted by molar-refractivity contribution is 4.88. The molecule has 0 unspecified atom stereocenters. The minimum absolute atomic E-state index is 0.369. The predicted octanol–water partition coefficient (Wildman–Crippen LogP) is 0.0688. The lowest BCUT2D eigenvalue weighted by atomic mass is 9.95. The molecule has 1 fully saturated rings. The van der Waals surface area contributed by atoms with Gasteiger partial charge in [0.05, 0.1) is 0 Å². The number of alkyl halides is 1. The number of piperidine rings is 1. The normalized spacial score (nSPS) is 45.0. The molecule has 0 aromatic carbocycles. The van der Waals surface area contributed by atoms with Crippen molar-refractivity contribution in [3.05, 3.63) is 0 Å². The molecule has 1 rings (SSSR count). The summed E-state index contributed by atoms with van der Waals surface area (Å²) in [5.41, 5.74) is -1.14. The van der Waals surface area contributed by atoms with E-state index in [1.54, 1.807) is 0 Å². The van der Waals surface area contributed by atoms with Gasteiger partial charge in [-0.15, -0.1) is 0 Å². The van der Waals surface area contributed by atoms with Gasteiger partial charge >= 0.3 is 0 Å². The molecule has 0 radical (unpaired) electrons. The molecule has 1 heterocycles. The maximum Gasteiger partial charge on any atom is 0.131 e. The SMILES string of the molecule is C[C@@]1(O)CNCC[C@H]1F. The van der Waals surface area contributed by atoms with E-state index in [1.165, 1.54) is 6.92 Å². The summed E-state index contributed by atoms with van der Waals surface area (Å²) in [6, 6.07) is 0. The predicted molar refractivity (Wildman–Crippen MR) is 33.0 cm³/mol. The smallest absolute Gasteiger partial charge is 0.131 e. The van der Waals surface area contributed by atoms with Crippen LogP contribution in [-0.2, 0) is 0 Å². The molecule has 1 saturated heterocycles. The third-order valence-electron chi connectivity index (χ3n) is 1.73. The van der Waals surface area contributed by atoms with E-state index in [0.29, 0.717) is 19.5 Å². The summed E-state index contributed by atoms with van der Waals surface area (Å²) in [6.45, 7) is 2.56. The summed E-state index contributed by atoms with van der Waals surface area (Å²) in [6.07, 6.45) is -0.633. The van der Waals surface area contributed by atoms with E-state index in [1.807, 2.05) is 0 Å². The van der Waals surface area contributed by atoms with Crippen molar-refractivity contribution in [1.82, 2.24) is 5.32 Å². The van der Waals surface area contributed by atoms with Gasteiger partial charge in [-0.1, -0.05) is 0 Å². The van der Waals surface area contributed by atoms with E-state index < -0.39 is 11.8 Å². The number of β-amino-alcohol motifs (C(OH)–C–C–N with tert-alkyl or cyclic N) is 1. The Bertz CT molecular complexity index is 105. The van der Waals surface area contributed by atoms with Crippen molar-refractivity contribution >= 4 is 0 Å². The third kappa shape index (κ3) is 1.40. The third-order valence-corrected chi connectivity index (χ3v) is 1.73. The van der Waals surface area contributed by atoms with Crippen LogP contribution < -0.4 is 5.32 Å². The molecule has 2 nitrogen and oxygen atoms in total. The number of halogens is 1. The van der Waals surface area contributed by atoms with Gasteiger partial charge in [0.25, 0.3) is 0 Å². The number of aliphatic hydroxyl groups is 1.